The maximum absolute atomic E-state index is 11.3. The van der Waals surface area contributed by atoms with Crippen LogP contribution in [0.1, 0.15) is 25.3 Å². The van der Waals surface area contributed by atoms with Gasteiger partial charge in [-0.2, -0.15) is 0 Å². The Morgan fingerprint density at radius 1 is 1.18 bits per heavy atom. The zero-order chi connectivity index (χ0) is 16.4. The second-order valence-electron chi connectivity index (χ2n) is 4.39. The number of carbonyl (C=O) groups excluding carboxylic acids is 1. The van der Waals surface area contributed by atoms with Gasteiger partial charge in [0.25, 0.3) is 0 Å². The first-order valence-electron chi connectivity index (χ1n) is 6.88. The van der Waals surface area contributed by atoms with Crippen LogP contribution in [0.4, 0.5) is 0 Å². The highest BCUT2D eigenvalue weighted by atomic mass is 79.9. The van der Waals surface area contributed by atoms with Crippen molar-refractivity contribution in [2.45, 2.75) is 25.1 Å². The van der Waals surface area contributed by atoms with Gasteiger partial charge in [0.1, 0.15) is 11.5 Å². The number of rotatable bonds is 10. The highest BCUT2D eigenvalue weighted by Gasteiger charge is 2.07. The molecular weight excluding hydrogens is 356 g/mol. The molecule has 0 heterocycles. The van der Waals surface area contributed by atoms with Gasteiger partial charge >= 0.3 is 11.9 Å². The summed E-state index contributed by atoms with van der Waals surface area (Å²) in [6, 6.07) is 5.27. The zero-order valence-corrected chi connectivity index (χ0v) is 13.9. The molecule has 0 aromatic heterocycles. The summed E-state index contributed by atoms with van der Waals surface area (Å²) < 4.78 is 15.7. The first kappa shape index (κ1) is 18.3. The summed E-state index contributed by atoms with van der Waals surface area (Å²) in [7, 11) is 0. The number of carboxylic acids is 1. The van der Waals surface area contributed by atoms with Gasteiger partial charge in [-0.3, -0.25) is 4.79 Å². The first-order chi connectivity index (χ1) is 10.5. The predicted molar refractivity (Wildman–Crippen MR) is 83.6 cm³/mol. The van der Waals surface area contributed by atoms with Crippen LogP contribution in [0.25, 0.3) is 0 Å². The van der Waals surface area contributed by atoms with Crippen molar-refractivity contribution in [3.63, 3.8) is 0 Å². The van der Waals surface area contributed by atoms with E-state index in [4.69, 9.17) is 19.3 Å². The molecule has 0 spiro atoms. The molecule has 122 valence electrons. The SMILES string of the molecule is CCOC(=O)COc1cc(CBr)cc(OCCCC(=O)O)c1. The van der Waals surface area contributed by atoms with Gasteiger partial charge in [0.15, 0.2) is 6.61 Å². The molecule has 1 aromatic carbocycles. The van der Waals surface area contributed by atoms with Gasteiger partial charge in [-0.15, -0.1) is 0 Å². The molecule has 0 aliphatic heterocycles. The van der Waals surface area contributed by atoms with Crippen molar-refractivity contribution >= 4 is 27.9 Å². The van der Waals surface area contributed by atoms with Gasteiger partial charge in [0, 0.05) is 17.8 Å². The van der Waals surface area contributed by atoms with Gasteiger partial charge in [-0.1, -0.05) is 15.9 Å². The van der Waals surface area contributed by atoms with Crippen molar-refractivity contribution in [3.8, 4) is 11.5 Å². The summed E-state index contributed by atoms with van der Waals surface area (Å²) in [4.78, 5) is 21.7. The molecule has 22 heavy (non-hydrogen) atoms. The fourth-order valence-electron chi connectivity index (χ4n) is 1.63. The molecule has 0 fully saturated rings. The number of alkyl halides is 1. The van der Waals surface area contributed by atoms with Gasteiger partial charge in [0.05, 0.1) is 13.2 Å². The molecule has 0 aliphatic rings. The minimum absolute atomic E-state index is 0.0599. The lowest BCUT2D eigenvalue weighted by molar-refractivity contribution is -0.145. The maximum atomic E-state index is 11.3. The minimum Gasteiger partial charge on any atom is -0.493 e. The fourth-order valence-corrected chi connectivity index (χ4v) is 1.96. The predicted octanol–water partition coefficient (Wildman–Crippen LogP) is 2.77. The summed E-state index contributed by atoms with van der Waals surface area (Å²) in [5, 5.41) is 9.18. The van der Waals surface area contributed by atoms with Crippen molar-refractivity contribution in [3.05, 3.63) is 23.8 Å². The van der Waals surface area contributed by atoms with Crippen LogP contribution in [0.3, 0.4) is 0 Å². The number of aliphatic carboxylic acids is 1. The third-order valence-corrected chi connectivity index (χ3v) is 3.21. The average molecular weight is 375 g/mol. The Labute approximate surface area is 137 Å². The number of halogens is 1. The second-order valence-corrected chi connectivity index (χ2v) is 4.95. The number of hydrogen-bond donors (Lipinski definition) is 1. The number of carboxylic acid groups (broad SMARTS) is 1. The van der Waals surface area contributed by atoms with Crippen LogP contribution in [0.2, 0.25) is 0 Å². The Bertz CT molecular complexity index is 503. The molecule has 0 atom stereocenters. The molecule has 0 aliphatic carbocycles. The summed E-state index contributed by atoms with van der Waals surface area (Å²) in [6.45, 7) is 2.17. The Morgan fingerprint density at radius 3 is 2.45 bits per heavy atom. The quantitative estimate of drug-likeness (QED) is 0.385. The molecule has 1 rings (SSSR count). The van der Waals surface area contributed by atoms with Crippen molar-refractivity contribution in [2.75, 3.05) is 19.8 Å². The van der Waals surface area contributed by atoms with Crippen molar-refractivity contribution in [1.29, 1.82) is 0 Å². The van der Waals surface area contributed by atoms with E-state index < -0.39 is 11.9 Å². The van der Waals surface area contributed by atoms with Crippen LogP contribution >= 0.6 is 15.9 Å². The van der Waals surface area contributed by atoms with Crippen LogP contribution in [0.5, 0.6) is 11.5 Å². The number of benzene rings is 1. The molecule has 0 saturated heterocycles. The van der Waals surface area contributed by atoms with E-state index in [1.807, 2.05) is 6.07 Å². The number of hydrogen-bond acceptors (Lipinski definition) is 5. The fraction of sp³-hybridized carbons (Fsp3) is 0.467. The third-order valence-electron chi connectivity index (χ3n) is 2.56. The van der Waals surface area contributed by atoms with Crippen molar-refractivity contribution in [2.24, 2.45) is 0 Å². The summed E-state index contributed by atoms with van der Waals surface area (Å²) in [5.41, 5.74) is 0.926. The summed E-state index contributed by atoms with van der Waals surface area (Å²) in [5.74, 6) is -0.216. The number of esters is 1. The molecule has 1 N–H and O–H groups in total. The Morgan fingerprint density at radius 2 is 1.86 bits per heavy atom. The first-order valence-corrected chi connectivity index (χ1v) is 8.00. The Kier molecular flexibility index (Phi) is 8.35. The van der Waals surface area contributed by atoms with Crippen LogP contribution in [0, 0.1) is 0 Å². The van der Waals surface area contributed by atoms with E-state index in [9.17, 15) is 9.59 Å². The normalized spacial score (nSPS) is 10.1. The lowest BCUT2D eigenvalue weighted by Crippen LogP contribution is -2.14. The van der Waals surface area contributed by atoms with E-state index >= 15 is 0 Å². The third kappa shape index (κ3) is 7.31. The average Bonchev–Trinajstić information content (AvgIpc) is 2.49. The number of ether oxygens (including phenoxy) is 3. The van der Waals surface area contributed by atoms with Gasteiger partial charge in [-0.25, -0.2) is 4.79 Å². The second kappa shape index (κ2) is 10.0. The van der Waals surface area contributed by atoms with E-state index in [1.54, 1.807) is 19.1 Å². The molecule has 0 saturated carbocycles. The van der Waals surface area contributed by atoms with E-state index in [-0.39, 0.29) is 13.0 Å². The van der Waals surface area contributed by atoms with Gasteiger partial charge < -0.3 is 19.3 Å². The van der Waals surface area contributed by atoms with E-state index in [2.05, 4.69) is 15.9 Å². The minimum atomic E-state index is -0.851. The van der Waals surface area contributed by atoms with Gasteiger partial charge in [0.2, 0.25) is 0 Å². The topological polar surface area (TPSA) is 82.1 Å². The van der Waals surface area contributed by atoms with Crippen LogP contribution in [-0.4, -0.2) is 36.9 Å². The molecule has 6 nitrogen and oxygen atoms in total. The molecule has 0 unspecified atom stereocenters. The van der Waals surface area contributed by atoms with Crippen LogP contribution in [0.15, 0.2) is 18.2 Å². The van der Waals surface area contributed by atoms with Crippen molar-refractivity contribution < 1.29 is 28.9 Å². The van der Waals surface area contributed by atoms with Crippen LogP contribution in [-0.2, 0) is 19.7 Å². The summed E-state index contributed by atoms with van der Waals surface area (Å²) in [6.07, 6.45) is 0.483. The lowest BCUT2D eigenvalue weighted by atomic mass is 10.2. The largest absolute Gasteiger partial charge is 0.493 e. The van der Waals surface area contributed by atoms with E-state index in [0.717, 1.165) is 5.56 Å². The number of carbonyl (C=O) groups is 2. The lowest BCUT2D eigenvalue weighted by Gasteiger charge is -2.11. The molecule has 0 radical (unpaired) electrons. The van der Waals surface area contributed by atoms with E-state index in [1.165, 1.54) is 0 Å². The molecule has 0 amide bonds. The Balaban J connectivity index is 2.59. The van der Waals surface area contributed by atoms with Gasteiger partial charge in [-0.05, 0) is 31.0 Å². The highest BCUT2D eigenvalue weighted by Crippen LogP contribution is 2.24. The monoisotopic (exact) mass is 374 g/mol. The molecular formula is C15H19BrO6. The highest BCUT2D eigenvalue weighted by molar-refractivity contribution is 9.08. The van der Waals surface area contributed by atoms with Crippen molar-refractivity contribution in [1.82, 2.24) is 0 Å². The molecule has 7 heteroatoms. The van der Waals surface area contributed by atoms with Crippen LogP contribution < -0.4 is 9.47 Å². The Hall–Kier alpha value is -1.76. The molecule has 1 aromatic rings. The molecule has 0 bridgehead atoms. The standard InChI is InChI=1S/C15H19BrO6/c1-2-20-15(19)10-22-13-7-11(9-16)6-12(8-13)21-5-3-4-14(17)18/h6-8H,2-5,9-10H2,1H3,(H,17,18). The maximum Gasteiger partial charge on any atom is 0.344 e. The van der Waals surface area contributed by atoms with E-state index in [0.29, 0.717) is 36.5 Å². The summed E-state index contributed by atoms with van der Waals surface area (Å²) >= 11 is 3.35. The smallest absolute Gasteiger partial charge is 0.344 e. The zero-order valence-electron chi connectivity index (χ0n) is 12.3.